The lowest BCUT2D eigenvalue weighted by Gasteiger charge is -2.08. The van der Waals surface area contributed by atoms with Gasteiger partial charge < -0.3 is 9.84 Å². The Balaban J connectivity index is 2.04. The second kappa shape index (κ2) is 8.56. The number of carbonyl (C=O) groups is 1. The zero-order valence-corrected chi connectivity index (χ0v) is 13.8. The molecule has 0 fully saturated rings. The van der Waals surface area contributed by atoms with Crippen molar-refractivity contribution in [2.75, 3.05) is 6.61 Å². The molecular formula is C17H16FN3O5. The highest BCUT2D eigenvalue weighted by Gasteiger charge is 2.15. The summed E-state index contributed by atoms with van der Waals surface area (Å²) < 4.78 is 18.5. The summed E-state index contributed by atoms with van der Waals surface area (Å²) in [6.45, 7) is 1.22. The van der Waals surface area contributed by atoms with Crippen LogP contribution in [-0.4, -0.2) is 28.3 Å². The van der Waals surface area contributed by atoms with Crippen LogP contribution in [-0.2, 0) is 4.79 Å². The number of hydrogen-bond acceptors (Lipinski definition) is 6. The SMILES string of the molecule is CC/C(=N\NC(=O)COc1ccccc1[N+](=O)[O-])c1cc(F)ccc1O. The average molecular weight is 361 g/mol. The quantitative estimate of drug-likeness (QED) is 0.447. The van der Waals surface area contributed by atoms with Crippen LogP contribution in [0.4, 0.5) is 10.1 Å². The molecule has 0 spiro atoms. The zero-order chi connectivity index (χ0) is 19.1. The number of nitro benzene ring substituents is 1. The fraction of sp³-hybridized carbons (Fsp3) is 0.176. The molecule has 0 aromatic heterocycles. The summed E-state index contributed by atoms with van der Waals surface area (Å²) >= 11 is 0. The van der Waals surface area contributed by atoms with Crippen molar-refractivity contribution < 1.29 is 24.0 Å². The van der Waals surface area contributed by atoms with Crippen molar-refractivity contribution in [3.8, 4) is 11.5 Å². The fourth-order valence-corrected chi connectivity index (χ4v) is 2.10. The van der Waals surface area contributed by atoms with E-state index in [-0.39, 0.29) is 28.5 Å². The van der Waals surface area contributed by atoms with E-state index in [9.17, 15) is 24.4 Å². The summed E-state index contributed by atoms with van der Waals surface area (Å²) in [6.07, 6.45) is 0.322. The molecule has 8 nitrogen and oxygen atoms in total. The standard InChI is InChI=1S/C17H16FN3O5/c1-2-13(12-9-11(18)7-8-15(12)22)19-20-17(23)10-26-16-6-4-3-5-14(16)21(24)25/h3-9,22H,2,10H2,1H3,(H,20,23)/b19-13+. The van der Waals surface area contributed by atoms with Gasteiger partial charge >= 0.3 is 5.69 Å². The maximum Gasteiger partial charge on any atom is 0.310 e. The summed E-state index contributed by atoms with van der Waals surface area (Å²) in [5.74, 6) is -1.43. The second-order valence-electron chi connectivity index (χ2n) is 5.12. The second-order valence-corrected chi connectivity index (χ2v) is 5.12. The number of phenolic OH excluding ortho intramolecular Hbond substituents is 1. The van der Waals surface area contributed by atoms with Crippen LogP contribution in [0, 0.1) is 15.9 Å². The molecule has 26 heavy (non-hydrogen) atoms. The van der Waals surface area contributed by atoms with Gasteiger partial charge in [0, 0.05) is 11.6 Å². The van der Waals surface area contributed by atoms with Crippen LogP contribution >= 0.6 is 0 Å². The first-order valence-corrected chi connectivity index (χ1v) is 7.63. The van der Waals surface area contributed by atoms with Crippen molar-refractivity contribution in [1.29, 1.82) is 0 Å². The first-order valence-electron chi connectivity index (χ1n) is 7.63. The third-order valence-corrected chi connectivity index (χ3v) is 3.34. The van der Waals surface area contributed by atoms with Gasteiger partial charge in [-0.25, -0.2) is 9.82 Å². The van der Waals surface area contributed by atoms with Crippen LogP contribution in [0.15, 0.2) is 47.6 Å². The van der Waals surface area contributed by atoms with Gasteiger partial charge in [-0.3, -0.25) is 14.9 Å². The van der Waals surface area contributed by atoms with Gasteiger partial charge in [-0.2, -0.15) is 5.10 Å². The summed E-state index contributed by atoms with van der Waals surface area (Å²) in [4.78, 5) is 22.1. The first kappa shape index (κ1) is 18.8. The number of phenols is 1. The Labute approximate surface area is 148 Å². The number of hydrazone groups is 1. The molecule has 9 heteroatoms. The highest BCUT2D eigenvalue weighted by Crippen LogP contribution is 2.25. The predicted molar refractivity (Wildman–Crippen MR) is 91.6 cm³/mol. The third kappa shape index (κ3) is 4.76. The molecule has 0 heterocycles. The van der Waals surface area contributed by atoms with E-state index < -0.39 is 23.3 Å². The van der Waals surface area contributed by atoms with Crippen molar-refractivity contribution in [2.24, 2.45) is 5.10 Å². The maximum atomic E-state index is 13.3. The molecule has 0 atom stereocenters. The smallest absolute Gasteiger partial charge is 0.310 e. The number of amides is 1. The van der Waals surface area contributed by atoms with E-state index in [0.717, 1.165) is 12.1 Å². The molecule has 0 aliphatic rings. The minimum absolute atomic E-state index is 0.0462. The summed E-state index contributed by atoms with van der Waals surface area (Å²) in [7, 11) is 0. The highest BCUT2D eigenvalue weighted by atomic mass is 19.1. The molecular weight excluding hydrogens is 345 g/mol. The Bertz CT molecular complexity index is 854. The molecule has 0 aliphatic carbocycles. The molecule has 2 N–H and O–H groups in total. The Morgan fingerprint density at radius 1 is 1.35 bits per heavy atom. The minimum Gasteiger partial charge on any atom is -0.507 e. The maximum absolute atomic E-state index is 13.3. The zero-order valence-electron chi connectivity index (χ0n) is 13.8. The molecule has 0 radical (unpaired) electrons. The van der Waals surface area contributed by atoms with E-state index in [0.29, 0.717) is 6.42 Å². The Hall–Kier alpha value is -3.49. The molecule has 0 saturated carbocycles. The fourth-order valence-electron chi connectivity index (χ4n) is 2.10. The number of benzene rings is 2. The van der Waals surface area contributed by atoms with Crippen molar-refractivity contribution in [3.05, 3.63) is 64.0 Å². The lowest BCUT2D eigenvalue weighted by Crippen LogP contribution is -2.26. The van der Waals surface area contributed by atoms with Crippen molar-refractivity contribution >= 4 is 17.3 Å². The number of nitro groups is 1. The predicted octanol–water partition coefficient (Wildman–Crippen LogP) is 2.75. The van der Waals surface area contributed by atoms with Crippen LogP contribution in [0.2, 0.25) is 0 Å². The monoisotopic (exact) mass is 361 g/mol. The lowest BCUT2D eigenvalue weighted by atomic mass is 10.1. The molecule has 0 saturated heterocycles. The largest absolute Gasteiger partial charge is 0.507 e. The number of aromatic hydroxyl groups is 1. The minimum atomic E-state index is -0.662. The average Bonchev–Trinajstić information content (AvgIpc) is 2.63. The van der Waals surface area contributed by atoms with Crippen molar-refractivity contribution in [2.45, 2.75) is 13.3 Å². The first-order chi connectivity index (χ1) is 12.4. The van der Waals surface area contributed by atoms with E-state index in [1.807, 2.05) is 0 Å². The Morgan fingerprint density at radius 3 is 2.77 bits per heavy atom. The van der Waals surface area contributed by atoms with Gasteiger partial charge in [0.05, 0.1) is 10.6 Å². The summed E-state index contributed by atoms with van der Waals surface area (Å²) in [5, 5.41) is 24.5. The molecule has 1 amide bonds. The highest BCUT2D eigenvalue weighted by molar-refractivity contribution is 6.03. The van der Waals surface area contributed by atoms with Crippen LogP contribution < -0.4 is 10.2 Å². The van der Waals surface area contributed by atoms with Gasteiger partial charge in [-0.15, -0.1) is 0 Å². The molecule has 2 rings (SSSR count). The normalized spacial score (nSPS) is 11.1. The number of nitrogens with zero attached hydrogens (tertiary/aromatic N) is 2. The molecule has 136 valence electrons. The number of nitrogens with one attached hydrogen (secondary N) is 1. The topological polar surface area (TPSA) is 114 Å². The van der Waals surface area contributed by atoms with E-state index in [1.54, 1.807) is 13.0 Å². The number of carbonyl (C=O) groups excluding carboxylic acids is 1. The van der Waals surface area contributed by atoms with Crippen LogP contribution in [0.1, 0.15) is 18.9 Å². The van der Waals surface area contributed by atoms with Gasteiger partial charge in [-0.1, -0.05) is 19.1 Å². The van der Waals surface area contributed by atoms with E-state index in [2.05, 4.69) is 10.5 Å². The Morgan fingerprint density at radius 2 is 2.08 bits per heavy atom. The van der Waals surface area contributed by atoms with Gasteiger partial charge in [0.2, 0.25) is 0 Å². The van der Waals surface area contributed by atoms with Gasteiger partial charge in [-0.05, 0) is 30.7 Å². The lowest BCUT2D eigenvalue weighted by molar-refractivity contribution is -0.385. The number of para-hydroxylation sites is 2. The molecule has 0 bridgehead atoms. The number of hydrogen-bond donors (Lipinski definition) is 2. The van der Waals surface area contributed by atoms with Crippen molar-refractivity contribution in [1.82, 2.24) is 5.43 Å². The van der Waals surface area contributed by atoms with Gasteiger partial charge in [0.15, 0.2) is 12.4 Å². The number of halogens is 1. The summed E-state index contributed by atoms with van der Waals surface area (Å²) in [5.41, 5.74) is 2.38. The van der Waals surface area contributed by atoms with Crippen LogP contribution in [0.25, 0.3) is 0 Å². The molecule has 2 aromatic carbocycles. The molecule has 2 aromatic rings. The van der Waals surface area contributed by atoms with E-state index in [1.165, 1.54) is 24.3 Å². The van der Waals surface area contributed by atoms with Gasteiger partial charge in [0.1, 0.15) is 11.6 Å². The molecule has 0 unspecified atom stereocenters. The van der Waals surface area contributed by atoms with Crippen molar-refractivity contribution in [3.63, 3.8) is 0 Å². The summed E-state index contributed by atoms with van der Waals surface area (Å²) in [6, 6.07) is 9.05. The van der Waals surface area contributed by atoms with E-state index >= 15 is 0 Å². The van der Waals surface area contributed by atoms with E-state index in [4.69, 9.17) is 4.74 Å². The third-order valence-electron chi connectivity index (χ3n) is 3.34. The molecule has 0 aliphatic heterocycles. The Kier molecular flexibility index (Phi) is 6.20. The van der Waals surface area contributed by atoms with Crippen LogP contribution in [0.5, 0.6) is 11.5 Å². The van der Waals surface area contributed by atoms with Gasteiger partial charge in [0.25, 0.3) is 5.91 Å². The number of ether oxygens (including phenoxy) is 1. The van der Waals surface area contributed by atoms with Crippen LogP contribution in [0.3, 0.4) is 0 Å². The number of rotatable bonds is 7.